The van der Waals surface area contributed by atoms with Gasteiger partial charge < -0.3 is 20.1 Å². The number of hydrogen-bond donors (Lipinski definition) is 2. The Balaban J connectivity index is 1.76. The zero-order chi connectivity index (χ0) is 18.1. The van der Waals surface area contributed by atoms with E-state index in [9.17, 15) is 0 Å². The van der Waals surface area contributed by atoms with Crippen LogP contribution in [-0.4, -0.2) is 25.8 Å². The third kappa shape index (κ3) is 6.96. The van der Waals surface area contributed by atoms with Gasteiger partial charge in [0.25, 0.3) is 0 Å². The van der Waals surface area contributed by atoms with E-state index in [4.69, 9.17) is 9.47 Å². The maximum Gasteiger partial charge on any atom is 0.142 e. The van der Waals surface area contributed by atoms with E-state index in [-0.39, 0.29) is 6.10 Å². The van der Waals surface area contributed by atoms with Crippen LogP contribution in [0.4, 0.5) is 11.4 Å². The summed E-state index contributed by atoms with van der Waals surface area (Å²) in [6.45, 7) is 10.7. The zero-order valence-electron chi connectivity index (χ0n) is 15.7. The normalized spacial score (nSPS) is 10.8. The molecule has 0 saturated carbocycles. The Morgan fingerprint density at radius 1 is 0.840 bits per heavy atom. The fourth-order valence-corrected chi connectivity index (χ4v) is 2.31. The van der Waals surface area contributed by atoms with Crippen LogP contribution >= 0.6 is 0 Å². The van der Waals surface area contributed by atoms with Crippen molar-refractivity contribution in [1.82, 2.24) is 0 Å². The predicted octanol–water partition coefficient (Wildman–Crippen LogP) is 5.03. The molecule has 4 heteroatoms. The minimum atomic E-state index is 0.164. The number of para-hydroxylation sites is 2. The van der Waals surface area contributed by atoms with E-state index in [2.05, 4.69) is 24.5 Å². The largest absolute Gasteiger partial charge is 0.493 e. The summed E-state index contributed by atoms with van der Waals surface area (Å²) in [5.74, 6) is 2.34. The smallest absolute Gasteiger partial charge is 0.142 e. The summed E-state index contributed by atoms with van der Waals surface area (Å²) < 4.78 is 11.5. The molecule has 0 fully saturated rings. The summed E-state index contributed by atoms with van der Waals surface area (Å²) in [5, 5.41) is 6.83. The monoisotopic (exact) mass is 342 g/mol. The van der Waals surface area contributed by atoms with Crippen molar-refractivity contribution in [3.8, 4) is 11.5 Å². The third-order valence-corrected chi connectivity index (χ3v) is 3.46. The van der Waals surface area contributed by atoms with Crippen LogP contribution in [0.5, 0.6) is 11.5 Å². The van der Waals surface area contributed by atoms with Gasteiger partial charge in [-0.25, -0.2) is 0 Å². The molecule has 2 N–H and O–H groups in total. The van der Waals surface area contributed by atoms with Crippen LogP contribution in [0.15, 0.2) is 48.5 Å². The van der Waals surface area contributed by atoms with E-state index in [0.29, 0.717) is 5.92 Å². The van der Waals surface area contributed by atoms with Gasteiger partial charge in [0.1, 0.15) is 11.5 Å². The van der Waals surface area contributed by atoms with Gasteiger partial charge in [-0.1, -0.05) is 26.0 Å². The summed E-state index contributed by atoms with van der Waals surface area (Å²) in [6, 6.07) is 16.1. The molecule has 2 aromatic rings. The van der Waals surface area contributed by atoms with Gasteiger partial charge in [-0.2, -0.15) is 0 Å². The Morgan fingerprint density at radius 2 is 1.52 bits per heavy atom. The Bertz CT molecular complexity index is 624. The molecule has 0 bridgehead atoms. The van der Waals surface area contributed by atoms with Crippen LogP contribution in [-0.2, 0) is 0 Å². The Hall–Kier alpha value is -2.36. The molecule has 25 heavy (non-hydrogen) atoms. The van der Waals surface area contributed by atoms with Gasteiger partial charge in [0.2, 0.25) is 0 Å². The molecule has 0 spiro atoms. The van der Waals surface area contributed by atoms with Crippen LogP contribution in [0.1, 0.15) is 27.7 Å². The maximum absolute atomic E-state index is 5.82. The lowest BCUT2D eigenvalue weighted by Crippen LogP contribution is -2.15. The number of benzene rings is 2. The zero-order valence-corrected chi connectivity index (χ0v) is 15.7. The van der Waals surface area contributed by atoms with Crippen molar-refractivity contribution in [3.63, 3.8) is 0 Å². The summed E-state index contributed by atoms with van der Waals surface area (Å²) in [6.07, 6.45) is 0.164. The molecule has 0 unspecified atom stereocenters. The fraction of sp³-hybridized carbons (Fsp3) is 0.429. The van der Waals surface area contributed by atoms with Gasteiger partial charge in [0.15, 0.2) is 0 Å². The van der Waals surface area contributed by atoms with E-state index in [1.54, 1.807) is 0 Å². The quantitative estimate of drug-likeness (QED) is 0.594. The minimum absolute atomic E-state index is 0.164. The first-order valence-electron chi connectivity index (χ1n) is 9.01. The SMILES string of the molecule is CC(C)COc1ccc(NCCNc2ccccc2OC(C)C)cc1. The molecule has 0 aliphatic heterocycles. The van der Waals surface area contributed by atoms with E-state index in [0.717, 1.165) is 42.6 Å². The molecule has 2 rings (SSSR count). The van der Waals surface area contributed by atoms with Gasteiger partial charge in [0, 0.05) is 18.8 Å². The average Bonchev–Trinajstić information content (AvgIpc) is 2.58. The summed E-state index contributed by atoms with van der Waals surface area (Å²) in [7, 11) is 0. The second-order valence-corrected chi connectivity index (χ2v) is 6.75. The molecule has 0 aliphatic rings. The van der Waals surface area contributed by atoms with Gasteiger partial charge in [-0.15, -0.1) is 0 Å². The first-order chi connectivity index (χ1) is 12.0. The molecule has 4 nitrogen and oxygen atoms in total. The van der Waals surface area contributed by atoms with E-state index < -0.39 is 0 Å². The van der Waals surface area contributed by atoms with Gasteiger partial charge >= 0.3 is 0 Å². The third-order valence-electron chi connectivity index (χ3n) is 3.46. The molecule has 0 heterocycles. The topological polar surface area (TPSA) is 42.5 Å². The molecule has 0 aromatic heterocycles. The van der Waals surface area contributed by atoms with Gasteiger partial charge in [0.05, 0.1) is 18.4 Å². The fourth-order valence-electron chi connectivity index (χ4n) is 2.31. The lowest BCUT2D eigenvalue weighted by molar-refractivity contribution is 0.243. The molecule has 0 saturated heterocycles. The first-order valence-corrected chi connectivity index (χ1v) is 9.01. The van der Waals surface area contributed by atoms with Crippen LogP contribution in [0.2, 0.25) is 0 Å². The molecule has 0 radical (unpaired) electrons. The van der Waals surface area contributed by atoms with Crippen molar-refractivity contribution in [2.24, 2.45) is 5.92 Å². The predicted molar refractivity (Wildman–Crippen MR) is 106 cm³/mol. The van der Waals surface area contributed by atoms with Gasteiger partial charge in [-0.3, -0.25) is 0 Å². The van der Waals surface area contributed by atoms with Crippen LogP contribution in [0, 0.1) is 5.92 Å². The molecule has 0 atom stereocenters. The van der Waals surface area contributed by atoms with Crippen molar-refractivity contribution in [3.05, 3.63) is 48.5 Å². The van der Waals surface area contributed by atoms with Gasteiger partial charge in [-0.05, 0) is 56.2 Å². The number of hydrogen-bond acceptors (Lipinski definition) is 4. The molecular weight excluding hydrogens is 312 g/mol. The van der Waals surface area contributed by atoms with E-state index >= 15 is 0 Å². The highest BCUT2D eigenvalue weighted by Crippen LogP contribution is 2.24. The minimum Gasteiger partial charge on any atom is -0.493 e. The summed E-state index contributed by atoms with van der Waals surface area (Å²) in [4.78, 5) is 0. The van der Waals surface area contributed by atoms with Crippen molar-refractivity contribution in [2.45, 2.75) is 33.8 Å². The number of anilines is 2. The van der Waals surface area contributed by atoms with Crippen LogP contribution in [0.25, 0.3) is 0 Å². The highest BCUT2D eigenvalue weighted by atomic mass is 16.5. The number of ether oxygens (including phenoxy) is 2. The highest BCUT2D eigenvalue weighted by Gasteiger charge is 2.04. The van der Waals surface area contributed by atoms with Crippen LogP contribution < -0.4 is 20.1 Å². The Labute approximate surface area is 151 Å². The summed E-state index contributed by atoms with van der Waals surface area (Å²) >= 11 is 0. The van der Waals surface area contributed by atoms with Crippen molar-refractivity contribution < 1.29 is 9.47 Å². The average molecular weight is 342 g/mol. The van der Waals surface area contributed by atoms with Crippen molar-refractivity contribution in [1.29, 1.82) is 0 Å². The maximum atomic E-state index is 5.82. The standard InChI is InChI=1S/C21H30N2O2/c1-16(2)15-24-19-11-9-18(10-12-19)22-13-14-23-20-7-5-6-8-21(20)25-17(3)4/h5-12,16-17,22-23H,13-15H2,1-4H3. The number of nitrogens with one attached hydrogen (secondary N) is 2. The first kappa shape index (κ1) is 19.0. The summed E-state index contributed by atoms with van der Waals surface area (Å²) in [5.41, 5.74) is 2.11. The Kier molecular flexibility index (Phi) is 7.45. The number of rotatable bonds is 10. The Morgan fingerprint density at radius 3 is 2.20 bits per heavy atom. The highest BCUT2D eigenvalue weighted by molar-refractivity contribution is 5.56. The molecule has 0 aliphatic carbocycles. The van der Waals surface area contributed by atoms with E-state index in [1.165, 1.54) is 0 Å². The lowest BCUT2D eigenvalue weighted by atomic mass is 10.2. The van der Waals surface area contributed by atoms with E-state index in [1.807, 2.05) is 62.4 Å². The van der Waals surface area contributed by atoms with Crippen LogP contribution in [0.3, 0.4) is 0 Å². The molecule has 2 aromatic carbocycles. The second kappa shape index (κ2) is 9.82. The second-order valence-electron chi connectivity index (χ2n) is 6.75. The lowest BCUT2D eigenvalue weighted by Gasteiger charge is -2.16. The molecular formula is C21H30N2O2. The molecule has 136 valence electrons. The van der Waals surface area contributed by atoms with Crippen molar-refractivity contribution >= 4 is 11.4 Å². The van der Waals surface area contributed by atoms with Crippen molar-refractivity contribution in [2.75, 3.05) is 30.3 Å². The molecule has 0 amide bonds.